The molecule has 2 N–H and O–H groups in total. The van der Waals surface area contributed by atoms with Crippen molar-refractivity contribution >= 4 is 11.8 Å². The van der Waals surface area contributed by atoms with Crippen LogP contribution in [0.1, 0.15) is 50.1 Å². The van der Waals surface area contributed by atoms with Gasteiger partial charge in [0, 0.05) is 25.7 Å². The normalized spacial score (nSPS) is 29.8. The minimum absolute atomic E-state index is 0.00899. The Hall–Kier alpha value is -2.50. The van der Waals surface area contributed by atoms with Gasteiger partial charge in [0.15, 0.2) is 0 Å². The first-order chi connectivity index (χ1) is 15.5. The summed E-state index contributed by atoms with van der Waals surface area (Å²) in [4.78, 5) is 31.9. The number of nitriles is 1. The van der Waals surface area contributed by atoms with E-state index in [9.17, 15) is 19.2 Å². The van der Waals surface area contributed by atoms with Crippen LogP contribution in [-0.4, -0.2) is 70.3 Å². The van der Waals surface area contributed by atoms with Crippen molar-refractivity contribution in [2.75, 3.05) is 19.6 Å². The van der Waals surface area contributed by atoms with Crippen LogP contribution in [0.15, 0.2) is 24.3 Å². The van der Waals surface area contributed by atoms with Crippen molar-refractivity contribution < 1.29 is 14.0 Å². The van der Waals surface area contributed by atoms with Crippen molar-refractivity contribution in [3.63, 3.8) is 0 Å². The van der Waals surface area contributed by atoms with Gasteiger partial charge in [0.2, 0.25) is 11.8 Å². The monoisotopic (exact) mass is 439 g/mol. The Kier molecular flexibility index (Phi) is 5.64. The molecule has 1 saturated carbocycles. The van der Waals surface area contributed by atoms with Gasteiger partial charge in [0.25, 0.3) is 0 Å². The second kappa shape index (κ2) is 8.45. The fraction of sp³-hybridized carbons (Fsp3) is 0.625. The van der Waals surface area contributed by atoms with Crippen LogP contribution in [0.2, 0.25) is 0 Å². The lowest BCUT2D eigenvalue weighted by Crippen LogP contribution is -2.57. The van der Waals surface area contributed by atoms with E-state index in [2.05, 4.69) is 6.07 Å². The molecule has 1 aromatic rings. The highest BCUT2D eigenvalue weighted by atomic mass is 19.1. The highest BCUT2D eigenvalue weighted by Gasteiger charge is 2.54. The molecule has 1 aromatic carbocycles. The number of nitrogens with two attached hydrogens (primary N) is 1. The highest BCUT2D eigenvalue weighted by molar-refractivity contribution is 5.87. The molecule has 7 nitrogen and oxygen atoms in total. The maximum absolute atomic E-state index is 13.5. The van der Waals surface area contributed by atoms with Crippen molar-refractivity contribution in [3.8, 4) is 6.07 Å². The topological polar surface area (TPSA) is 93.7 Å². The molecule has 0 spiro atoms. The predicted molar refractivity (Wildman–Crippen MR) is 115 cm³/mol. The van der Waals surface area contributed by atoms with Gasteiger partial charge in [-0.1, -0.05) is 18.6 Å². The Balaban J connectivity index is 1.28. The van der Waals surface area contributed by atoms with Crippen molar-refractivity contribution in [1.29, 1.82) is 5.26 Å². The van der Waals surface area contributed by atoms with Gasteiger partial charge < -0.3 is 15.5 Å². The molecular weight excluding hydrogens is 409 g/mol. The average Bonchev–Trinajstić information content (AvgIpc) is 3.45. The van der Waals surface area contributed by atoms with Crippen LogP contribution < -0.4 is 5.73 Å². The molecule has 1 unspecified atom stereocenters. The van der Waals surface area contributed by atoms with E-state index >= 15 is 0 Å². The number of halogens is 1. The van der Waals surface area contributed by atoms with Gasteiger partial charge in [0.05, 0.1) is 24.2 Å². The number of fused-ring (bicyclic) bond motifs is 2. The third-order valence-corrected chi connectivity index (χ3v) is 7.86. The SMILES string of the molecule is N#C[C@@H]1CCCN1C(=O)[C@@H](N)CN1CC2C[C@H]1C(=O)N2[C@H](c1ccc(F)cc1)C1CCC1. The van der Waals surface area contributed by atoms with Gasteiger partial charge in [-0.2, -0.15) is 5.26 Å². The lowest BCUT2D eigenvalue weighted by Gasteiger charge is -2.45. The Morgan fingerprint density at radius 1 is 1.22 bits per heavy atom. The van der Waals surface area contributed by atoms with E-state index in [4.69, 9.17) is 5.73 Å². The summed E-state index contributed by atoms with van der Waals surface area (Å²) in [6, 6.07) is 7.46. The fourth-order valence-corrected chi connectivity index (χ4v) is 6.04. The quantitative estimate of drug-likeness (QED) is 0.730. The number of carbonyl (C=O) groups excluding carboxylic acids is 2. The van der Waals surface area contributed by atoms with E-state index in [-0.39, 0.29) is 41.8 Å². The molecular formula is C24H30FN5O2. The number of piperazine rings is 1. The molecule has 4 fully saturated rings. The summed E-state index contributed by atoms with van der Waals surface area (Å²) in [5.74, 6) is 0.0500. The van der Waals surface area contributed by atoms with E-state index in [0.29, 0.717) is 32.0 Å². The Bertz CT molecular complexity index is 927. The van der Waals surface area contributed by atoms with Crippen LogP contribution in [0.4, 0.5) is 4.39 Å². The minimum atomic E-state index is -0.732. The molecule has 5 rings (SSSR count). The van der Waals surface area contributed by atoms with E-state index in [0.717, 1.165) is 31.2 Å². The third kappa shape index (κ3) is 3.57. The van der Waals surface area contributed by atoms with Crippen LogP contribution in [0.5, 0.6) is 0 Å². The minimum Gasteiger partial charge on any atom is -0.330 e. The summed E-state index contributed by atoms with van der Waals surface area (Å²) in [6.07, 6.45) is 5.61. The standard InChI is InChI=1S/C24H30FN5O2/c25-17-8-6-16(7-9-17)22(15-3-1-4-15)30-19-11-21(24(30)32)28(13-19)14-20(27)23(31)29-10-2-5-18(29)12-26/h6-9,15,18-22H,1-5,10-11,13-14,27H2/t18-,19?,20-,21-,22-/m0/s1. The first-order valence-electron chi connectivity index (χ1n) is 11.8. The second-order valence-electron chi connectivity index (χ2n) is 9.72. The van der Waals surface area contributed by atoms with Crippen LogP contribution >= 0.6 is 0 Å². The van der Waals surface area contributed by atoms with Crippen LogP contribution in [0.3, 0.4) is 0 Å². The van der Waals surface area contributed by atoms with Crippen molar-refractivity contribution in [1.82, 2.24) is 14.7 Å². The lowest BCUT2D eigenvalue weighted by molar-refractivity contribution is -0.143. The van der Waals surface area contributed by atoms with Gasteiger partial charge in [-0.3, -0.25) is 14.5 Å². The molecule has 170 valence electrons. The van der Waals surface area contributed by atoms with Crippen molar-refractivity contribution in [2.24, 2.45) is 11.7 Å². The fourth-order valence-electron chi connectivity index (χ4n) is 6.04. The molecule has 3 heterocycles. The predicted octanol–water partition coefficient (Wildman–Crippen LogP) is 1.79. The molecule has 8 heteroatoms. The number of rotatable bonds is 6. The van der Waals surface area contributed by atoms with Gasteiger partial charge >= 0.3 is 0 Å². The number of likely N-dealkylation sites (tertiary alicyclic amines) is 3. The number of carbonyl (C=O) groups is 2. The maximum atomic E-state index is 13.5. The van der Waals surface area contributed by atoms with Crippen LogP contribution in [0.25, 0.3) is 0 Å². The smallest absolute Gasteiger partial charge is 0.241 e. The first-order valence-corrected chi connectivity index (χ1v) is 11.8. The third-order valence-electron chi connectivity index (χ3n) is 7.86. The number of amides is 2. The number of benzene rings is 1. The Morgan fingerprint density at radius 2 is 1.97 bits per heavy atom. The molecule has 3 aliphatic heterocycles. The molecule has 2 amide bonds. The summed E-state index contributed by atoms with van der Waals surface area (Å²) in [5.41, 5.74) is 7.25. The maximum Gasteiger partial charge on any atom is 0.241 e. The average molecular weight is 440 g/mol. The molecule has 32 heavy (non-hydrogen) atoms. The summed E-state index contributed by atoms with van der Waals surface area (Å²) in [6.45, 7) is 1.60. The number of nitrogens with zero attached hydrogens (tertiary/aromatic N) is 4. The Labute approximate surface area is 187 Å². The summed E-state index contributed by atoms with van der Waals surface area (Å²) in [5, 5.41) is 9.27. The zero-order valence-corrected chi connectivity index (χ0v) is 18.2. The van der Waals surface area contributed by atoms with E-state index < -0.39 is 6.04 Å². The van der Waals surface area contributed by atoms with Crippen molar-refractivity contribution in [2.45, 2.75) is 68.7 Å². The van der Waals surface area contributed by atoms with Gasteiger partial charge in [-0.05, 0) is 55.7 Å². The van der Waals surface area contributed by atoms with Gasteiger partial charge in [0.1, 0.15) is 11.9 Å². The van der Waals surface area contributed by atoms with E-state index in [1.54, 1.807) is 4.90 Å². The Morgan fingerprint density at radius 3 is 2.59 bits per heavy atom. The number of hydrogen-bond acceptors (Lipinski definition) is 5. The lowest BCUT2D eigenvalue weighted by atomic mass is 9.76. The van der Waals surface area contributed by atoms with Crippen LogP contribution in [-0.2, 0) is 9.59 Å². The molecule has 2 bridgehead atoms. The van der Waals surface area contributed by atoms with Crippen molar-refractivity contribution in [3.05, 3.63) is 35.6 Å². The molecule has 1 aliphatic carbocycles. The first kappa shape index (κ1) is 21.4. The molecule has 4 aliphatic rings. The molecule has 0 radical (unpaired) electrons. The molecule has 5 atom stereocenters. The second-order valence-corrected chi connectivity index (χ2v) is 9.72. The largest absolute Gasteiger partial charge is 0.330 e. The van der Waals surface area contributed by atoms with E-state index in [1.165, 1.54) is 18.6 Å². The zero-order chi connectivity index (χ0) is 22.4. The van der Waals surface area contributed by atoms with E-state index in [1.807, 2.05) is 21.9 Å². The molecule has 3 saturated heterocycles. The molecule has 0 aromatic heterocycles. The summed E-state index contributed by atoms with van der Waals surface area (Å²) in [7, 11) is 0. The van der Waals surface area contributed by atoms with Gasteiger partial charge in [-0.25, -0.2) is 4.39 Å². The van der Waals surface area contributed by atoms with Gasteiger partial charge in [-0.15, -0.1) is 0 Å². The van der Waals surface area contributed by atoms with Crippen LogP contribution in [0, 0.1) is 23.1 Å². The zero-order valence-electron chi connectivity index (χ0n) is 18.2. The summed E-state index contributed by atoms with van der Waals surface area (Å²) < 4.78 is 13.5. The number of hydrogen-bond donors (Lipinski definition) is 1. The highest BCUT2D eigenvalue weighted by Crippen LogP contribution is 2.47. The summed E-state index contributed by atoms with van der Waals surface area (Å²) >= 11 is 0.